The predicted molar refractivity (Wildman–Crippen MR) is 116 cm³/mol. The largest absolute Gasteiger partial charge is 0.379 e. The predicted octanol–water partition coefficient (Wildman–Crippen LogP) is 0.965. The molecule has 1 aliphatic heterocycles. The van der Waals surface area contributed by atoms with Crippen LogP contribution in [0.5, 0.6) is 0 Å². The molecule has 0 bridgehead atoms. The molecule has 1 aliphatic rings. The number of thiophene rings is 2. The fourth-order valence-electron chi connectivity index (χ4n) is 3.18. The van der Waals surface area contributed by atoms with Crippen molar-refractivity contribution >= 4 is 48.8 Å². The van der Waals surface area contributed by atoms with Crippen molar-refractivity contribution in [2.24, 2.45) is 0 Å². The number of nitrogens with zero attached hydrogens (tertiary/aromatic N) is 3. The average molecular weight is 469 g/mol. The van der Waals surface area contributed by atoms with E-state index in [4.69, 9.17) is 4.74 Å². The number of amides is 1. The normalized spacial score (nSPS) is 15.5. The van der Waals surface area contributed by atoms with Gasteiger partial charge in [-0.15, -0.1) is 22.7 Å². The zero-order valence-electron chi connectivity index (χ0n) is 15.9. The summed E-state index contributed by atoms with van der Waals surface area (Å²) in [4.78, 5) is 31.1. The monoisotopic (exact) mass is 468 g/mol. The highest BCUT2D eigenvalue weighted by Gasteiger charge is 2.24. The van der Waals surface area contributed by atoms with Gasteiger partial charge in [0.25, 0.3) is 5.56 Å². The highest BCUT2D eigenvalue weighted by molar-refractivity contribution is 7.89. The van der Waals surface area contributed by atoms with Gasteiger partial charge in [0, 0.05) is 35.5 Å². The van der Waals surface area contributed by atoms with Gasteiger partial charge < -0.3 is 10.1 Å². The van der Waals surface area contributed by atoms with E-state index in [1.807, 2.05) is 22.9 Å². The number of aromatic nitrogens is 2. The first kappa shape index (κ1) is 21.1. The second kappa shape index (κ2) is 8.94. The molecule has 0 radical (unpaired) electrons. The first-order chi connectivity index (χ1) is 14.5. The summed E-state index contributed by atoms with van der Waals surface area (Å²) >= 11 is 2.92. The maximum atomic E-state index is 12.9. The SMILES string of the molecule is O=C(Cn1cnc2scc(-c3cccs3)c2c1=O)NCCS(=O)(=O)N1CCOCC1. The van der Waals surface area contributed by atoms with Crippen LogP contribution in [-0.2, 0) is 26.1 Å². The van der Waals surface area contributed by atoms with Gasteiger partial charge in [0.2, 0.25) is 15.9 Å². The zero-order valence-corrected chi connectivity index (χ0v) is 18.4. The summed E-state index contributed by atoms with van der Waals surface area (Å²) in [6.45, 7) is 1.15. The molecule has 0 aromatic carbocycles. The Bertz CT molecular complexity index is 1190. The molecular formula is C18H20N4O5S3. The van der Waals surface area contributed by atoms with Gasteiger partial charge in [-0.25, -0.2) is 13.4 Å². The van der Waals surface area contributed by atoms with Gasteiger partial charge in [-0.3, -0.25) is 14.2 Å². The maximum Gasteiger partial charge on any atom is 0.263 e. The fourth-order valence-corrected chi connectivity index (χ4v) is 6.22. The Morgan fingerprint density at radius 3 is 2.80 bits per heavy atom. The van der Waals surface area contributed by atoms with Gasteiger partial charge in [-0.1, -0.05) is 6.07 Å². The molecule has 0 spiro atoms. The molecule has 160 valence electrons. The number of morpholine rings is 1. The number of rotatable bonds is 7. The van der Waals surface area contributed by atoms with E-state index in [-0.39, 0.29) is 24.4 Å². The summed E-state index contributed by atoms with van der Waals surface area (Å²) in [7, 11) is -3.45. The van der Waals surface area contributed by atoms with Crippen molar-refractivity contribution in [1.29, 1.82) is 0 Å². The Morgan fingerprint density at radius 1 is 1.27 bits per heavy atom. The minimum atomic E-state index is -3.45. The van der Waals surface area contributed by atoms with Crippen molar-refractivity contribution in [1.82, 2.24) is 19.2 Å². The molecule has 4 heterocycles. The fraction of sp³-hybridized carbons (Fsp3) is 0.389. The van der Waals surface area contributed by atoms with Crippen molar-refractivity contribution in [3.05, 3.63) is 39.6 Å². The molecule has 1 N–H and O–H groups in total. The Hall–Kier alpha value is -2.12. The van der Waals surface area contributed by atoms with Gasteiger partial charge in [0.15, 0.2) is 0 Å². The number of sulfonamides is 1. The van der Waals surface area contributed by atoms with Gasteiger partial charge in [0.05, 0.1) is 30.7 Å². The van der Waals surface area contributed by atoms with E-state index in [2.05, 4.69) is 10.3 Å². The quantitative estimate of drug-likeness (QED) is 0.553. The number of hydrogen-bond donors (Lipinski definition) is 1. The Kier molecular flexibility index (Phi) is 6.29. The minimum Gasteiger partial charge on any atom is -0.379 e. The maximum absolute atomic E-state index is 12.9. The van der Waals surface area contributed by atoms with Crippen molar-refractivity contribution in [2.45, 2.75) is 6.54 Å². The summed E-state index contributed by atoms with van der Waals surface area (Å²) in [5.41, 5.74) is 0.523. The van der Waals surface area contributed by atoms with E-state index in [0.29, 0.717) is 36.5 Å². The van der Waals surface area contributed by atoms with Crippen LogP contribution in [0.1, 0.15) is 0 Å². The van der Waals surface area contributed by atoms with Crippen LogP contribution >= 0.6 is 22.7 Å². The first-order valence-electron chi connectivity index (χ1n) is 9.28. The molecule has 4 rings (SSSR count). The van der Waals surface area contributed by atoms with Crippen molar-refractivity contribution in [2.75, 3.05) is 38.6 Å². The van der Waals surface area contributed by atoms with E-state index in [0.717, 1.165) is 10.4 Å². The van der Waals surface area contributed by atoms with Gasteiger partial charge in [-0.2, -0.15) is 4.31 Å². The number of carbonyl (C=O) groups is 1. The summed E-state index contributed by atoms with van der Waals surface area (Å²) in [5.74, 6) is -0.638. The van der Waals surface area contributed by atoms with Crippen LogP contribution in [0.4, 0.5) is 0 Å². The Balaban J connectivity index is 1.41. The van der Waals surface area contributed by atoms with Crippen molar-refractivity contribution < 1.29 is 17.9 Å². The zero-order chi connectivity index (χ0) is 21.1. The second-order valence-electron chi connectivity index (χ2n) is 6.66. The van der Waals surface area contributed by atoms with E-state index >= 15 is 0 Å². The Labute approximate surface area is 181 Å². The van der Waals surface area contributed by atoms with E-state index in [9.17, 15) is 18.0 Å². The molecule has 0 aliphatic carbocycles. The van der Waals surface area contributed by atoms with Gasteiger partial charge in [0.1, 0.15) is 11.4 Å². The molecule has 9 nitrogen and oxygen atoms in total. The van der Waals surface area contributed by atoms with Crippen LogP contribution in [0.15, 0.2) is 34.0 Å². The van der Waals surface area contributed by atoms with Crippen LogP contribution in [0.2, 0.25) is 0 Å². The summed E-state index contributed by atoms with van der Waals surface area (Å²) in [5, 5.41) is 6.90. The van der Waals surface area contributed by atoms with Crippen LogP contribution in [0, 0.1) is 0 Å². The molecule has 1 fully saturated rings. The molecule has 0 unspecified atom stereocenters. The molecule has 12 heteroatoms. The lowest BCUT2D eigenvalue weighted by Crippen LogP contribution is -2.44. The van der Waals surface area contributed by atoms with Crippen LogP contribution in [-0.4, -0.2) is 66.8 Å². The van der Waals surface area contributed by atoms with Crippen molar-refractivity contribution in [3.63, 3.8) is 0 Å². The minimum absolute atomic E-state index is 0.0259. The summed E-state index contributed by atoms with van der Waals surface area (Å²) < 4.78 is 32.4. The number of hydrogen-bond acceptors (Lipinski definition) is 8. The number of ether oxygens (including phenoxy) is 1. The summed E-state index contributed by atoms with van der Waals surface area (Å²) in [6, 6.07) is 3.85. The number of fused-ring (bicyclic) bond motifs is 1. The first-order valence-corrected chi connectivity index (χ1v) is 12.7. The van der Waals surface area contributed by atoms with Crippen molar-refractivity contribution in [3.8, 4) is 10.4 Å². The van der Waals surface area contributed by atoms with E-state index < -0.39 is 15.9 Å². The lowest BCUT2D eigenvalue weighted by Gasteiger charge is -2.26. The Morgan fingerprint density at radius 2 is 2.07 bits per heavy atom. The van der Waals surface area contributed by atoms with Crippen LogP contribution < -0.4 is 10.9 Å². The molecule has 30 heavy (non-hydrogen) atoms. The number of nitrogens with one attached hydrogen (secondary N) is 1. The lowest BCUT2D eigenvalue weighted by molar-refractivity contribution is -0.121. The molecule has 1 amide bonds. The van der Waals surface area contributed by atoms with Crippen LogP contribution in [0.3, 0.4) is 0 Å². The van der Waals surface area contributed by atoms with Crippen LogP contribution in [0.25, 0.3) is 20.7 Å². The number of carbonyl (C=O) groups excluding carboxylic acids is 1. The molecular weight excluding hydrogens is 448 g/mol. The highest BCUT2D eigenvalue weighted by Crippen LogP contribution is 2.33. The lowest BCUT2D eigenvalue weighted by atomic mass is 10.2. The van der Waals surface area contributed by atoms with E-state index in [1.165, 1.54) is 37.9 Å². The topological polar surface area (TPSA) is 111 Å². The van der Waals surface area contributed by atoms with E-state index in [1.54, 1.807) is 0 Å². The molecule has 0 saturated carbocycles. The highest BCUT2D eigenvalue weighted by atomic mass is 32.2. The van der Waals surface area contributed by atoms with Gasteiger partial charge in [-0.05, 0) is 11.4 Å². The third-order valence-corrected chi connectivity index (χ3v) is 8.37. The molecule has 1 saturated heterocycles. The third kappa shape index (κ3) is 4.47. The second-order valence-corrected chi connectivity index (χ2v) is 10.6. The molecule has 3 aromatic rings. The smallest absolute Gasteiger partial charge is 0.263 e. The standard InChI is InChI=1S/C18H20N4O5S3/c23-15(19-3-9-30(25,26)22-4-6-27-7-5-22)10-21-12-20-17-16(18(21)24)13(11-29-17)14-2-1-8-28-14/h1-2,8,11-12H,3-7,9-10H2,(H,19,23). The molecule has 0 atom stereocenters. The average Bonchev–Trinajstić information content (AvgIpc) is 3.40. The summed E-state index contributed by atoms with van der Waals surface area (Å²) in [6.07, 6.45) is 1.35. The molecule has 3 aromatic heterocycles. The third-order valence-electron chi connectivity index (χ3n) is 4.71. The van der Waals surface area contributed by atoms with Gasteiger partial charge >= 0.3 is 0 Å².